The van der Waals surface area contributed by atoms with Gasteiger partial charge in [-0.3, -0.25) is 9.59 Å². The summed E-state index contributed by atoms with van der Waals surface area (Å²) in [4.78, 5) is 20.4. The first-order valence-electron chi connectivity index (χ1n) is 9.27. The van der Waals surface area contributed by atoms with Gasteiger partial charge in [0, 0.05) is 12.8 Å². The van der Waals surface area contributed by atoms with E-state index in [2.05, 4.69) is 5.32 Å². The van der Waals surface area contributed by atoms with Crippen LogP contribution >= 0.6 is 0 Å². The lowest BCUT2D eigenvalue weighted by Gasteiger charge is -2.00. The summed E-state index contributed by atoms with van der Waals surface area (Å²) in [5, 5.41) is 20.2. The Morgan fingerprint density at radius 1 is 0.625 bits per heavy atom. The Morgan fingerprint density at radius 3 is 1.29 bits per heavy atom. The quantitative estimate of drug-likeness (QED) is 0.412. The van der Waals surface area contributed by atoms with Gasteiger partial charge in [-0.05, 0) is 38.8 Å². The van der Waals surface area contributed by atoms with Crippen LogP contribution in [0.2, 0.25) is 0 Å². The van der Waals surface area contributed by atoms with Crippen LogP contribution in [0.4, 0.5) is 0 Å². The van der Waals surface area contributed by atoms with Crippen molar-refractivity contribution in [1.82, 2.24) is 11.5 Å². The molecule has 6 heteroatoms. The molecule has 1 heterocycles. The minimum Gasteiger partial charge on any atom is -0.481 e. The molecule has 1 aliphatic rings. The number of rotatable bonds is 11. The monoisotopic (exact) mass is 346 g/mol. The highest BCUT2D eigenvalue weighted by Crippen LogP contribution is 2.10. The second-order valence-electron chi connectivity index (χ2n) is 6.28. The number of carboxylic acid groups (broad SMARTS) is 2. The maximum absolute atomic E-state index is 10.2. The molecule has 1 fully saturated rings. The Balaban J connectivity index is 0. The zero-order valence-corrected chi connectivity index (χ0v) is 15.2. The Bertz CT molecular complexity index is 257. The number of carbonyl (C=O) groups is 2. The van der Waals surface area contributed by atoms with Crippen molar-refractivity contribution < 1.29 is 19.8 Å². The Hall–Kier alpha value is -1.14. The molecule has 0 atom stereocenters. The lowest BCUT2D eigenvalue weighted by atomic mass is 10.1. The maximum Gasteiger partial charge on any atom is 0.303 e. The summed E-state index contributed by atoms with van der Waals surface area (Å²) >= 11 is 0. The highest BCUT2D eigenvalue weighted by atomic mass is 16.4. The van der Waals surface area contributed by atoms with Crippen molar-refractivity contribution in [3.05, 3.63) is 0 Å². The summed E-state index contributed by atoms with van der Waals surface area (Å²) in [6.45, 7) is 2.50. The zero-order chi connectivity index (χ0) is 17.2. The molecule has 0 amide bonds. The molecule has 0 aromatic heterocycles. The molecule has 0 radical (unpaired) electrons. The number of nitrogens with one attached hydrogen (secondary N) is 1. The van der Waals surface area contributed by atoms with Crippen LogP contribution in [-0.4, -0.2) is 35.2 Å². The van der Waals surface area contributed by atoms with Crippen LogP contribution in [-0.2, 0) is 9.59 Å². The summed E-state index contributed by atoms with van der Waals surface area (Å²) in [6.07, 6.45) is 14.2. The summed E-state index contributed by atoms with van der Waals surface area (Å²) in [5.74, 6) is -1.43. The lowest BCUT2D eigenvalue weighted by molar-refractivity contribution is -0.138. The van der Waals surface area contributed by atoms with Gasteiger partial charge >= 0.3 is 11.9 Å². The van der Waals surface area contributed by atoms with E-state index in [0.29, 0.717) is 0 Å². The van der Waals surface area contributed by atoms with Crippen molar-refractivity contribution in [2.45, 2.75) is 89.9 Å². The van der Waals surface area contributed by atoms with Gasteiger partial charge in [0.2, 0.25) is 0 Å². The van der Waals surface area contributed by atoms with E-state index in [1.165, 1.54) is 38.8 Å². The van der Waals surface area contributed by atoms with Crippen LogP contribution in [0, 0.1) is 0 Å². The molecule has 1 rings (SSSR count). The van der Waals surface area contributed by atoms with Gasteiger partial charge in [-0.15, -0.1) is 0 Å². The van der Waals surface area contributed by atoms with E-state index in [1.807, 2.05) is 0 Å². The number of aliphatic carboxylic acids is 2. The van der Waals surface area contributed by atoms with Crippen LogP contribution in [0.3, 0.4) is 0 Å². The summed E-state index contributed by atoms with van der Waals surface area (Å²) in [7, 11) is 0. The predicted molar refractivity (Wildman–Crippen MR) is 97.8 cm³/mol. The molecule has 0 aromatic rings. The molecule has 0 saturated carbocycles. The summed E-state index contributed by atoms with van der Waals surface area (Å²) < 4.78 is 0. The topological polar surface area (TPSA) is 122 Å². The van der Waals surface area contributed by atoms with Crippen molar-refractivity contribution in [1.29, 1.82) is 0 Å². The largest absolute Gasteiger partial charge is 0.481 e. The van der Waals surface area contributed by atoms with E-state index in [1.54, 1.807) is 0 Å². The first-order valence-corrected chi connectivity index (χ1v) is 9.27. The van der Waals surface area contributed by atoms with E-state index < -0.39 is 11.9 Å². The molecule has 0 bridgehead atoms. The number of carboxylic acids is 2. The van der Waals surface area contributed by atoms with Crippen molar-refractivity contribution in [2.75, 3.05) is 13.1 Å². The van der Waals surface area contributed by atoms with Crippen LogP contribution < -0.4 is 11.5 Å². The minimum absolute atomic E-state index is 0. The molecular formula is C18H38N2O4. The molecule has 0 aromatic carbocycles. The highest BCUT2D eigenvalue weighted by molar-refractivity contribution is 5.66. The van der Waals surface area contributed by atoms with Gasteiger partial charge in [0.1, 0.15) is 0 Å². The standard InChI is InChI=1S/C12H22O4.C6H13N.H3N/c13-11(14)9-7-5-3-1-2-4-6-8-10-12(15)16;1-2-4-6-7-5-3-1;/h1-10H2,(H,13,14)(H,15,16);7H,1-6H2;1H3. The average Bonchev–Trinajstić information content (AvgIpc) is 2.82. The van der Waals surface area contributed by atoms with Crippen molar-refractivity contribution >= 4 is 11.9 Å². The van der Waals surface area contributed by atoms with E-state index in [-0.39, 0.29) is 19.0 Å². The third-order valence-corrected chi connectivity index (χ3v) is 3.99. The van der Waals surface area contributed by atoms with Crippen molar-refractivity contribution in [3.8, 4) is 0 Å². The third-order valence-electron chi connectivity index (χ3n) is 3.99. The van der Waals surface area contributed by atoms with Crippen LogP contribution in [0.15, 0.2) is 0 Å². The third kappa shape index (κ3) is 23.1. The molecule has 6 N–H and O–H groups in total. The fraction of sp³-hybridized carbons (Fsp3) is 0.889. The molecule has 24 heavy (non-hydrogen) atoms. The van der Waals surface area contributed by atoms with Crippen molar-refractivity contribution in [3.63, 3.8) is 0 Å². The van der Waals surface area contributed by atoms with Gasteiger partial charge in [-0.1, -0.05) is 51.4 Å². The summed E-state index contributed by atoms with van der Waals surface area (Å²) in [5.41, 5.74) is 0. The van der Waals surface area contributed by atoms with Crippen molar-refractivity contribution in [2.24, 2.45) is 0 Å². The van der Waals surface area contributed by atoms with Gasteiger partial charge in [0.15, 0.2) is 0 Å². The number of hydrogen-bond acceptors (Lipinski definition) is 4. The lowest BCUT2D eigenvalue weighted by Crippen LogP contribution is -2.12. The van der Waals surface area contributed by atoms with Crippen LogP contribution in [0.5, 0.6) is 0 Å². The smallest absolute Gasteiger partial charge is 0.303 e. The second-order valence-corrected chi connectivity index (χ2v) is 6.28. The maximum atomic E-state index is 10.2. The van der Waals surface area contributed by atoms with E-state index in [9.17, 15) is 9.59 Å². The van der Waals surface area contributed by atoms with E-state index in [0.717, 1.165) is 51.4 Å². The highest BCUT2D eigenvalue weighted by Gasteiger charge is 1.98. The normalized spacial score (nSPS) is 13.8. The Labute approximate surface area is 147 Å². The molecular weight excluding hydrogens is 308 g/mol. The second kappa shape index (κ2) is 19.9. The van der Waals surface area contributed by atoms with Gasteiger partial charge in [-0.25, -0.2) is 0 Å². The molecule has 0 spiro atoms. The Morgan fingerprint density at radius 2 is 0.958 bits per heavy atom. The fourth-order valence-electron chi connectivity index (χ4n) is 2.59. The van der Waals surface area contributed by atoms with E-state index >= 15 is 0 Å². The molecule has 0 unspecified atom stereocenters. The summed E-state index contributed by atoms with van der Waals surface area (Å²) in [6, 6.07) is 0. The minimum atomic E-state index is -0.714. The number of hydrogen-bond donors (Lipinski definition) is 4. The SMILES string of the molecule is C1CCCNCC1.N.O=C(O)CCCCCCCCCCC(=O)O. The van der Waals surface area contributed by atoms with Crippen LogP contribution in [0.1, 0.15) is 89.9 Å². The van der Waals surface area contributed by atoms with Gasteiger partial charge in [0.25, 0.3) is 0 Å². The first kappa shape index (κ1) is 25.1. The molecule has 6 nitrogen and oxygen atoms in total. The Kier molecular flexibility index (Phi) is 20.8. The van der Waals surface area contributed by atoms with Gasteiger partial charge in [-0.2, -0.15) is 0 Å². The van der Waals surface area contributed by atoms with Gasteiger partial charge in [0.05, 0.1) is 0 Å². The molecule has 1 saturated heterocycles. The van der Waals surface area contributed by atoms with Gasteiger partial charge < -0.3 is 21.7 Å². The fourth-order valence-corrected chi connectivity index (χ4v) is 2.59. The van der Waals surface area contributed by atoms with E-state index in [4.69, 9.17) is 10.2 Å². The first-order chi connectivity index (χ1) is 11.1. The molecule has 1 aliphatic heterocycles. The molecule has 144 valence electrons. The number of unbranched alkanes of at least 4 members (excludes halogenated alkanes) is 7. The average molecular weight is 347 g/mol. The molecule has 0 aliphatic carbocycles. The zero-order valence-electron chi connectivity index (χ0n) is 15.2. The predicted octanol–water partition coefficient (Wildman–Crippen LogP) is 4.37. The van der Waals surface area contributed by atoms with Crippen LogP contribution in [0.25, 0.3) is 0 Å².